The predicted molar refractivity (Wildman–Crippen MR) is 69.6 cm³/mol. The van der Waals surface area contributed by atoms with Gasteiger partial charge < -0.3 is 0 Å². The minimum absolute atomic E-state index is 0.454. The Morgan fingerprint density at radius 2 is 1.73 bits per heavy atom. The molecule has 0 aromatic carbocycles. The van der Waals surface area contributed by atoms with Crippen molar-refractivity contribution in [1.82, 2.24) is 4.90 Å². The van der Waals surface area contributed by atoms with Crippen molar-refractivity contribution in [3.63, 3.8) is 0 Å². The number of likely N-dealkylation sites (tertiary alicyclic amines) is 1. The zero-order chi connectivity index (χ0) is 10.9. The van der Waals surface area contributed by atoms with Gasteiger partial charge in [0.05, 0.1) is 0 Å². The Bertz CT molecular complexity index is 209. The molecule has 1 saturated heterocycles. The lowest BCUT2D eigenvalue weighted by Gasteiger charge is -2.46. The van der Waals surface area contributed by atoms with E-state index in [1.165, 1.54) is 51.6 Å². The normalized spacial score (nSPS) is 34.2. The molecule has 0 bridgehead atoms. The molecule has 0 aromatic rings. The van der Waals surface area contributed by atoms with Gasteiger partial charge in [-0.25, -0.2) is 0 Å². The minimum atomic E-state index is 0.454. The lowest BCUT2D eigenvalue weighted by Crippen LogP contribution is -2.50. The quantitative estimate of drug-likeness (QED) is 0.657. The molecule has 1 atom stereocenters. The van der Waals surface area contributed by atoms with Gasteiger partial charge in [-0.3, -0.25) is 4.90 Å². The second kappa shape index (κ2) is 4.75. The summed E-state index contributed by atoms with van der Waals surface area (Å²) in [6, 6.07) is 0.901. The van der Waals surface area contributed by atoms with Gasteiger partial charge in [-0.2, -0.15) is 0 Å². The summed E-state index contributed by atoms with van der Waals surface area (Å²) < 4.78 is 0. The average molecular weight is 274 g/mol. The van der Waals surface area contributed by atoms with E-state index in [4.69, 9.17) is 0 Å². The van der Waals surface area contributed by atoms with Crippen molar-refractivity contribution in [1.29, 1.82) is 0 Å². The summed E-state index contributed by atoms with van der Waals surface area (Å²) in [6.07, 6.45) is 8.60. The maximum Gasteiger partial charge on any atom is 0.0221 e. The molecule has 1 heterocycles. The molecule has 15 heavy (non-hydrogen) atoms. The fourth-order valence-electron chi connectivity index (χ4n) is 3.13. The zero-order valence-corrected chi connectivity index (χ0v) is 11.7. The Hall–Kier alpha value is 0.440. The van der Waals surface area contributed by atoms with Gasteiger partial charge in [0.25, 0.3) is 0 Å². The van der Waals surface area contributed by atoms with E-state index in [1.54, 1.807) is 0 Å². The Labute approximate surface area is 103 Å². The van der Waals surface area contributed by atoms with E-state index in [2.05, 4.69) is 34.7 Å². The number of halogens is 1. The highest BCUT2D eigenvalue weighted by Gasteiger charge is 2.36. The molecule has 2 rings (SSSR count). The molecule has 1 aliphatic heterocycles. The van der Waals surface area contributed by atoms with E-state index in [0.29, 0.717) is 10.2 Å². The summed E-state index contributed by atoms with van der Waals surface area (Å²) in [7, 11) is 0. The topological polar surface area (TPSA) is 3.24 Å². The fraction of sp³-hybridized carbons (Fsp3) is 1.00. The third-order valence-corrected chi connectivity index (χ3v) is 5.92. The minimum Gasteiger partial charge on any atom is -0.300 e. The van der Waals surface area contributed by atoms with Crippen LogP contribution in [-0.4, -0.2) is 28.9 Å². The number of rotatable bonds is 1. The first-order chi connectivity index (χ1) is 7.09. The number of nitrogens with zero attached hydrogens (tertiary/aromatic N) is 1. The van der Waals surface area contributed by atoms with Gasteiger partial charge in [-0.05, 0) is 31.2 Å². The highest BCUT2D eigenvalue weighted by molar-refractivity contribution is 9.09. The summed E-state index contributed by atoms with van der Waals surface area (Å²) in [5.74, 6) is 0. The van der Waals surface area contributed by atoms with Crippen LogP contribution in [0, 0.1) is 5.41 Å². The van der Waals surface area contributed by atoms with Crippen LogP contribution in [0.1, 0.15) is 52.4 Å². The first kappa shape index (κ1) is 11.9. The fourth-order valence-corrected chi connectivity index (χ4v) is 3.48. The van der Waals surface area contributed by atoms with Crippen molar-refractivity contribution in [3.05, 3.63) is 0 Å². The maximum absolute atomic E-state index is 3.83. The summed E-state index contributed by atoms with van der Waals surface area (Å²) in [5, 5.41) is 0. The molecular weight excluding hydrogens is 250 g/mol. The molecule has 0 N–H and O–H groups in total. The molecule has 0 radical (unpaired) electrons. The van der Waals surface area contributed by atoms with E-state index in [1.807, 2.05) is 0 Å². The molecule has 88 valence electrons. The van der Waals surface area contributed by atoms with E-state index in [0.717, 1.165) is 6.04 Å². The highest BCUT2D eigenvalue weighted by Crippen LogP contribution is 2.37. The lowest BCUT2D eigenvalue weighted by molar-refractivity contribution is 0.0678. The molecule has 2 aliphatic rings. The molecule has 0 aromatic heterocycles. The van der Waals surface area contributed by atoms with Crippen molar-refractivity contribution >= 4 is 15.9 Å². The Balaban J connectivity index is 1.93. The van der Waals surface area contributed by atoms with E-state index in [9.17, 15) is 0 Å². The van der Waals surface area contributed by atoms with Crippen LogP contribution in [0.15, 0.2) is 0 Å². The first-order valence-electron chi connectivity index (χ1n) is 6.48. The molecule has 1 unspecified atom stereocenters. The Morgan fingerprint density at radius 3 is 2.33 bits per heavy atom. The molecule has 1 aliphatic carbocycles. The van der Waals surface area contributed by atoms with Gasteiger partial charge in [-0.1, -0.05) is 49.0 Å². The predicted octanol–water partition coefficient (Wildman–Crippen LogP) is 3.81. The van der Waals surface area contributed by atoms with Gasteiger partial charge in [-0.15, -0.1) is 0 Å². The number of alkyl halides is 1. The van der Waals surface area contributed by atoms with Crippen molar-refractivity contribution in [2.45, 2.75) is 63.2 Å². The van der Waals surface area contributed by atoms with Gasteiger partial charge in [0.1, 0.15) is 0 Å². The molecular formula is C13H24BrN. The summed E-state index contributed by atoms with van der Waals surface area (Å²) in [4.78, 5) is 3.47. The van der Waals surface area contributed by atoms with Crippen molar-refractivity contribution in [2.75, 3.05) is 13.1 Å². The van der Waals surface area contributed by atoms with Gasteiger partial charge in [0.15, 0.2) is 0 Å². The third-order valence-electron chi connectivity index (χ3n) is 4.22. The maximum atomic E-state index is 3.83. The molecule has 1 saturated carbocycles. The monoisotopic (exact) mass is 273 g/mol. The lowest BCUT2D eigenvalue weighted by atomic mass is 9.82. The average Bonchev–Trinajstić information content (AvgIpc) is 2.23. The molecule has 1 nitrogen and oxygen atoms in total. The standard InChI is InChI=1S/C13H24BrN/c1-13(2)10-15(9-8-12(13)14)11-6-4-3-5-7-11/h11-12H,3-10H2,1-2H3. The van der Waals surface area contributed by atoms with Crippen LogP contribution in [0.25, 0.3) is 0 Å². The zero-order valence-electron chi connectivity index (χ0n) is 10.1. The van der Waals surface area contributed by atoms with E-state index < -0.39 is 0 Å². The Kier molecular flexibility index (Phi) is 3.77. The largest absolute Gasteiger partial charge is 0.300 e. The van der Waals surface area contributed by atoms with Crippen molar-refractivity contribution < 1.29 is 0 Å². The van der Waals surface area contributed by atoms with Crippen molar-refractivity contribution in [2.24, 2.45) is 5.41 Å². The van der Waals surface area contributed by atoms with Gasteiger partial charge in [0, 0.05) is 17.4 Å². The molecule has 0 spiro atoms. The summed E-state index contributed by atoms with van der Waals surface area (Å²) in [6.45, 7) is 7.40. The van der Waals surface area contributed by atoms with E-state index in [-0.39, 0.29) is 0 Å². The number of hydrogen-bond donors (Lipinski definition) is 0. The van der Waals surface area contributed by atoms with Crippen LogP contribution < -0.4 is 0 Å². The molecule has 2 fully saturated rings. The SMILES string of the molecule is CC1(C)CN(C2CCCCC2)CCC1Br. The molecule has 2 heteroatoms. The van der Waals surface area contributed by atoms with Crippen LogP contribution in [0.5, 0.6) is 0 Å². The van der Waals surface area contributed by atoms with Crippen LogP contribution in [0.3, 0.4) is 0 Å². The summed E-state index contributed by atoms with van der Waals surface area (Å²) >= 11 is 3.83. The van der Waals surface area contributed by atoms with Crippen LogP contribution in [0.4, 0.5) is 0 Å². The van der Waals surface area contributed by atoms with Crippen LogP contribution >= 0.6 is 15.9 Å². The van der Waals surface area contributed by atoms with Crippen molar-refractivity contribution in [3.8, 4) is 0 Å². The number of piperidine rings is 1. The second-order valence-corrected chi connectivity index (χ2v) is 7.11. The van der Waals surface area contributed by atoms with Crippen LogP contribution in [-0.2, 0) is 0 Å². The Morgan fingerprint density at radius 1 is 1.07 bits per heavy atom. The second-order valence-electron chi connectivity index (χ2n) is 6.01. The van der Waals surface area contributed by atoms with Crippen LogP contribution in [0.2, 0.25) is 0 Å². The molecule has 0 amide bonds. The summed E-state index contributed by atoms with van der Waals surface area (Å²) in [5.41, 5.74) is 0.454. The van der Waals surface area contributed by atoms with E-state index >= 15 is 0 Å². The highest BCUT2D eigenvalue weighted by atomic mass is 79.9. The van der Waals surface area contributed by atoms with Gasteiger partial charge in [0.2, 0.25) is 0 Å². The van der Waals surface area contributed by atoms with Gasteiger partial charge >= 0.3 is 0 Å². The third kappa shape index (κ3) is 2.76. The first-order valence-corrected chi connectivity index (χ1v) is 7.39. The smallest absolute Gasteiger partial charge is 0.0221 e. The number of hydrogen-bond acceptors (Lipinski definition) is 1.